The van der Waals surface area contributed by atoms with Crippen LogP contribution < -0.4 is 4.90 Å². The second kappa shape index (κ2) is 9.66. The standard InChI is InChI=1S/C24H31N7O4S/c1-28(14-24(6-7-24)15-35-3)19-12-18(21(32)30-8-4-16(5-9-30)29(2)23(33)34)26-20(27-19)17-13-25-31-10-11-36-22(17)31/h10-13,16H,4-9,14-15H2,1-3H3,(H,33,34). The smallest absolute Gasteiger partial charge is 0.407 e. The maximum absolute atomic E-state index is 13.6. The van der Waals surface area contributed by atoms with Crippen LogP contribution in [-0.2, 0) is 4.74 Å². The highest BCUT2D eigenvalue weighted by Gasteiger charge is 2.44. The fourth-order valence-electron chi connectivity index (χ4n) is 4.93. The maximum atomic E-state index is 13.6. The second-order valence-corrected chi connectivity index (χ2v) is 10.7. The first-order chi connectivity index (χ1) is 17.3. The number of hydrogen-bond donors (Lipinski definition) is 1. The molecule has 0 radical (unpaired) electrons. The number of hydrogen-bond acceptors (Lipinski definition) is 8. The molecule has 1 aliphatic heterocycles. The molecule has 11 nitrogen and oxygen atoms in total. The summed E-state index contributed by atoms with van der Waals surface area (Å²) < 4.78 is 7.22. The van der Waals surface area contributed by atoms with Gasteiger partial charge in [-0.25, -0.2) is 19.3 Å². The predicted molar refractivity (Wildman–Crippen MR) is 136 cm³/mol. The van der Waals surface area contributed by atoms with E-state index in [9.17, 15) is 14.7 Å². The molecule has 2 fully saturated rings. The van der Waals surface area contributed by atoms with Crippen molar-refractivity contribution >= 4 is 34.0 Å². The summed E-state index contributed by atoms with van der Waals surface area (Å²) >= 11 is 1.55. The highest BCUT2D eigenvalue weighted by molar-refractivity contribution is 7.16. The third-order valence-corrected chi connectivity index (χ3v) is 8.16. The Labute approximate surface area is 213 Å². The van der Waals surface area contributed by atoms with Crippen LogP contribution >= 0.6 is 11.3 Å². The Bertz CT molecular complexity index is 1260. The molecule has 3 aromatic heterocycles. The van der Waals surface area contributed by atoms with Crippen molar-refractivity contribution in [1.82, 2.24) is 29.4 Å². The van der Waals surface area contributed by atoms with Gasteiger partial charge < -0.3 is 24.5 Å². The molecule has 2 aliphatic rings. The summed E-state index contributed by atoms with van der Waals surface area (Å²) in [5, 5.41) is 15.6. The molecule has 0 bridgehead atoms. The molecule has 3 aromatic rings. The number of rotatable bonds is 8. The van der Waals surface area contributed by atoms with Crippen LogP contribution in [0.15, 0.2) is 23.8 Å². The third-order valence-electron chi connectivity index (χ3n) is 7.28. The number of carboxylic acid groups (broad SMARTS) is 1. The largest absolute Gasteiger partial charge is 0.465 e. The van der Waals surface area contributed by atoms with Gasteiger partial charge in [-0.3, -0.25) is 4.79 Å². The Morgan fingerprint density at radius 3 is 2.67 bits per heavy atom. The van der Waals surface area contributed by atoms with Crippen LogP contribution in [0.1, 0.15) is 36.2 Å². The highest BCUT2D eigenvalue weighted by Crippen LogP contribution is 2.46. The van der Waals surface area contributed by atoms with Gasteiger partial charge in [-0.1, -0.05) is 0 Å². The zero-order valence-electron chi connectivity index (χ0n) is 20.8. The van der Waals surface area contributed by atoms with E-state index in [0.29, 0.717) is 49.9 Å². The summed E-state index contributed by atoms with van der Waals surface area (Å²) in [7, 11) is 5.29. The minimum Gasteiger partial charge on any atom is -0.465 e. The zero-order chi connectivity index (χ0) is 25.4. The fourth-order valence-corrected chi connectivity index (χ4v) is 5.72. The lowest BCUT2D eigenvalue weighted by Crippen LogP contribution is -2.47. The molecule has 1 N–H and O–H groups in total. The minimum absolute atomic E-state index is 0.0933. The van der Waals surface area contributed by atoms with E-state index >= 15 is 0 Å². The molecular formula is C24H31N7O4S. The number of fused-ring (bicyclic) bond motifs is 1. The van der Waals surface area contributed by atoms with Crippen LogP contribution in [0.2, 0.25) is 0 Å². The van der Waals surface area contributed by atoms with Crippen molar-refractivity contribution in [1.29, 1.82) is 0 Å². The number of carbonyl (C=O) groups is 2. The summed E-state index contributed by atoms with van der Waals surface area (Å²) in [6.07, 6.45) is 6.07. The molecule has 192 valence electrons. The molecular weight excluding hydrogens is 482 g/mol. The molecule has 0 aromatic carbocycles. The summed E-state index contributed by atoms with van der Waals surface area (Å²) in [4.78, 5) is 40.5. The van der Waals surface area contributed by atoms with E-state index in [0.717, 1.165) is 29.8 Å². The summed E-state index contributed by atoms with van der Waals surface area (Å²) in [5.74, 6) is 0.983. The van der Waals surface area contributed by atoms with Gasteiger partial charge in [0.1, 0.15) is 16.3 Å². The van der Waals surface area contributed by atoms with Gasteiger partial charge in [0, 0.05) is 69.9 Å². The van der Waals surface area contributed by atoms with Crippen molar-refractivity contribution in [3.63, 3.8) is 0 Å². The molecule has 12 heteroatoms. The fraction of sp³-hybridized carbons (Fsp3) is 0.542. The van der Waals surface area contributed by atoms with Gasteiger partial charge in [0.25, 0.3) is 5.91 Å². The average molecular weight is 514 g/mol. The van der Waals surface area contributed by atoms with Crippen molar-refractivity contribution < 1.29 is 19.4 Å². The average Bonchev–Trinajstić information content (AvgIpc) is 3.27. The molecule has 0 atom stereocenters. The number of aromatic nitrogens is 4. The quantitative estimate of drug-likeness (QED) is 0.489. The van der Waals surface area contributed by atoms with Gasteiger partial charge in [0.15, 0.2) is 5.82 Å². The van der Waals surface area contributed by atoms with E-state index in [-0.39, 0.29) is 17.4 Å². The van der Waals surface area contributed by atoms with E-state index < -0.39 is 6.09 Å². The van der Waals surface area contributed by atoms with Crippen molar-refractivity contribution in [3.05, 3.63) is 29.5 Å². The molecule has 4 heterocycles. The zero-order valence-corrected chi connectivity index (χ0v) is 21.6. The van der Waals surface area contributed by atoms with Gasteiger partial charge >= 0.3 is 6.09 Å². The van der Waals surface area contributed by atoms with Gasteiger partial charge in [-0.2, -0.15) is 5.10 Å². The number of carbonyl (C=O) groups excluding carboxylic acids is 1. The Hall–Kier alpha value is -3.25. The van der Waals surface area contributed by atoms with Crippen LogP contribution in [0.3, 0.4) is 0 Å². The lowest BCUT2D eigenvalue weighted by Gasteiger charge is -2.35. The molecule has 36 heavy (non-hydrogen) atoms. The minimum atomic E-state index is -0.948. The lowest BCUT2D eigenvalue weighted by atomic mass is 10.0. The summed E-state index contributed by atoms with van der Waals surface area (Å²) in [5.41, 5.74) is 1.24. The van der Waals surface area contributed by atoms with E-state index in [1.165, 1.54) is 4.90 Å². The normalized spacial score (nSPS) is 17.4. The number of nitrogens with zero attached hydrogens (tertiary/aromatic N) is 7. The van der Waals surface area contributed by atoms with E-state index in [2.05, 4.69) is 15.0 Å². The molecule has 1 aliphatic carbocycles. The Morgan fingerprint density at radius 1 is 1.25 bits per heavy atom. The van der Waals surface area contributed by atoms with Gasteiger partial charge in [0.2, 0.25) is 0 Å². The summed E-state index contributed by atoms with van der Waals surface area (Å²) in [6, 6.07) is 1.67. The number of anilines is 1. The lowest BCUT2D eigenvalue weighted by molar-refractivity contribution is 0.0638. The second-order valence-electron chi connectivity index (χ2n) is 9.85. The SMILES string of the molecule is COCC1(CN(C)c2cc(C(=O)N3CCC(N(C)C(=O)O)CC3)nc(-c3cnn4ccsc34)n2)CC1. The first kappa shape index (κ1) is 24.4. The summed E-state index contributed by atoms with van der Waals surface area (Å²) in [6.45, 7) is 2.43. The number of methoxy groups -OCH3 is 1. The van der Waals surface area contributed by atoms with Gasteiger partial charge in [-0.05, 0) is 25.7 Å². The highest BCUT2D eigenvalue weighted by atomic mass is 32.1. The van der Waals surface area contributed by atoms with Crippen molar-refractivity contribution in [2.45, 2.75) is 31.7 Å². The van der Waals surface area contributed by atoms with Crippen molar-refractivity contribution in [3.8, 4) is 11.4 Å². The van der Waals surface area contributed by atoms with Crippen LogP contribution in [0.4, 0.5) is 10.6 Å². The number of amides is 2. The van der Waals surface area contributed by atoms with Crippen LogP contribution in [0.25, 0.3) is 16.2 Å². The van der Waals surface area contributed by atoms with Crippen LogP contribution in [0, 0.1) is 5.41 Å². The number of thiazole rings is 1. The number of ether oxygens (including phenoxy) is 1. The van der Waals surface area contributed by atoms with Gasteiger partial charge in [-0.15, -0.1) is 11.3 Å². The third kappa shape index (κ3) is 4.74. The molecule has 0 unspecified atom stereocenters. The van der Waals surface area contributed by atoms with Crippen LogP contribution in [-0.4, -0.2) is 100.0 Å². The topological polar surface area (TPSA) is 116 Å². The first-order valence-corrected chi connectivity index (χ1v) is 12.9. The van der Waals surface area contributed by atoms with E-state index in [1.54, 1.807) is 47.2 Å². The molecule has 1 saturated carbocycles. The van der Waals surface area contributed by atoms with Crippen molar-refractivity contribution in [2.75, 3.05) is 52.3 Å². The maximum Gasteiger partial charge on any atom is 0.407 e. The molecule has 0 spiro atoms. The molecule has 1 saturated heterocycles. The monoisotopic (exact) mass is 513 g/mol. The molecule has 5 rings (SSSR count). The van der Waals surface area contributed by atoms with E-state index in [1.807, 2.05) is 18.6 Å². The number of likely N-dealkylation sites (tertiary alicyclic amines) is 1. The first-order valence-electron chi connectivity index (χ1n) is 12.1. The Balaban J connectivity index is 1.43. The molecule has 2 amide bonds. The Kier molecular flexibility index (Phi) is 6.56. The van der Waals surface area contributed by atoms with Crippen molar-refractivity contribution in [2.24, 2.45) is 5.41 Å². The van der Waals surface area contributed by atoms with Gasteiger partial charge in [0.05, 0.1) is 18.4 Å². The predicted octanol–water partition coefficient (Wildman–Crippen LogP) is 2.93. The van der Waals surface area contributed by atoms with E-state index in [4.69, 9.17) is 9.72 Å². The Morgan fingerprint density at radius 2 is 2.00 bits per heavy atom. The number of piperidine rings is 1. The van der Waals surface area contributed by atoms with Crippen LogP contribution in [0.5, 0.6) is 0 Å².